The van der Waals surface area contributed by atoms with E-state index in [-0.39, 0.29) is 0 Å². The maximum Gasteiger partial charge on any atom is 0.182 e. The highest BCUT2D eigenvalue weighted by atomic mass is 15.1. The predicted molar refractivity (Wildman–Crippen MR) is 43.5 cm³/mol. The van der Waals surface area contributed by atoms with Crippen molar-refractivity contribution >= 4 is 11.2 Å². The van der Waals surface area contributed by atoms with Crippen LogP contribution < -0.4 is 5.49 Å². The molecule has 2 aromatic rings. The maximum absolute atomic E-state index is 7.70. The Kier molecular flexibility index (Phi) is 1.27. The van der Waals surface area contributed by atoms with Crippen LogP contribution in [-0.2, 0) is 7.05 Å². The lowest BCUT2D eigenvalue weighted by atomic mass is 10.5. The van der Waals surface area contributed by atoms with Gasteiger partial charge in [-0.15, -0.1) is 0 Å². The summed E-state index contributed by atoms with van der Waals surface area (Å²) in [5.41, 5.74) is 1.70. The Morgan fingerprint density at radius 2 is 2.33 bits per heavy atom. The van der Waals surface area contributed by atoms with E-state index < -0.39 is 0 Å². The number of rotatable bonds is 0. The first kappa shape index (κ1) is 7.02. The largest absolute Gasteiger partial charge is 0.340 e. The lowest BCUT2D eigenvalue weighted by Gasteiger charge is -2.01. The number of hydrogen-bond acceptors (Lipinski definition) is 3. The highest BCUT2D eigenvalue weighted by Crippen LogP contribution is 1.99. The zero-order valence-corrected chi connectivity index (χ0v) is 6.92. The van der Waals surface area contributed by atoms with Gasteiger partial charge in [0.2, 0.25) is 0 Å². The van der Waals surface area contributed by atoms with E-state index in [0.29, 0.717) is 16.7 Å². The molecule has 0 aliphatic rings. The van der Waals surface area contributed by atoms with E-state index in [1.54, 1.807) is 10.9 Å². The van der Waals surface area contributed by atoms with Crippen LogP contribution in [-0.4, -0.2) is 19.5 Å². The number of H-pyrrole nitrogens is 1. The standard InChI is InChI=1S/C7H9N5/c1-4-11-7-5(9-3-10-7)6(8)12(4)2/h3,8H,1-2H3,(H,9,10). The second kappa shape index (κ2) is 2.17. The molecule has 62 valence electrons. The summed E-state index contributed by atoms with van der Waals surface area (Å²) >= 11 is 0. The number of imidazole rings is 1. The molecular weight excluding hydrogens is 154 g/mol. The van der Waals surface area contributed by atoms with Crippen molar-refractivity contribution in [1.29, 1.82) is 5.41 Å². The highest BCUT2D eigenvalue weighted by molar-refractivity contribution is 5.67. The van der Waals surface area contributed by atoms with Gasteiger partial charge in [-0.2, -0.15) is 0 Å². The number of aryl methyl sites for hydroxylation is 1. The molecule has 2 rings (SSSR count). The van der Waals surface area contributed by atoms with Crippen LogP contribution >= 0.6 is 0 Å². The zero-order valence-electron chi connectivity index (χ0n) is 6.92. The van der Waals surface area contributed by atoms with Gasteiger partial charge in [0.15, 0.2) is 11.1 Å². The fourth-order valence-corrected chi connectivity index (χ4v) is 1.10. The smallest absolute Gasteiger partial charge is 0.182 e. The molecule has 0 unspecified atom stereocenters. The van der Waals surface area contributed by atoms with Gasteiger partial charge in [-0.25, -0.2) is 9.97 Å². The summed E-state index contributed by atoms with van der Waals surface area (Å²) in [4.78, 5) is 11.1. The summed E-state index contributed by atoms with van der Waals surface area (Å²) in [6.07, 6.45) is 1.55. The monoisotopic (exact) mass is 163 g/mol. The minimum Gasteiger partial charge on any atom is -0.340 e. The van der Waals surface area contributed by atoms with Crippen LogP contribution in [0.5, 0.6) is 0 Å². The third kappa shape index (κ3) is 0.761. The molecule has 5 heteroatoms. The van der Waals surface area contributed by atoms with Crippen molar-refractivity contribution in [3.8, 4) is 0 Å². The summed E-state index contributed by atoms with van der Waals surface area (Å²) < 4.78 is 1.71. The average Bonchev–Trinajstić information content (AvgIpc) is 2.48. The Balaban J connectivity index is 3.05. The minimum absolute atomic E-state index is 0.412. The summed E-state index contributed by atoms with van der Waals surface area (Å²) in [6, 6.07) is 0. The summed E-state index contributed by atoms with van der Waals surface area (Å²) in [6.45, 7) is 1.85. The molecule has 0 aliphatic heterocycles. The number of nitrogens with zero attached hydrogens (tertiary/aromatic N) is 3. The molecule has 2 aromatic heterocycles. The first-order valence-electron chi connectivity index (χ1n) is 3.61. The van der Waals surface area contributed by atoms with Gasteiger partial charge in [0.25, 0.3) is 0 Å². The zero-order chi connectivity index (χ0) is 8.72. The highest BCUT2D eigenvalue weighted by Gasteiger charge is 2.02. The molecule has 0 saturated carbocycles. The Morgan fingerprint density at radius 3 is 3.08 bits per heavy atom. The van der Waals surface area contributed by atoms with E-state index in [1.165, 1.54) is 0 Å². The molecule has 0 spiro atoms. The van der Waals surface area contributed by atoms with Crippen molar-refractivity contribution in [1.82, 2.24) is 19.5 Å². The SMILES string of the molecule is Cc1nc2nc[nH]c2c(=N)n1C. The second-order valence-electron chi connectivity index (χ2n) is 2.67. The van der Waals surface area contributed by atoms with E-state index >= 15 is 0 Å². The van der Waals surface area contributed by atoms with Crippen LogP contribution in [0.25, 0.3) is 11.2 Å². The number of hydrogen-bond donors (Lipinski definition) is 2. The normalized spacial score (nSPS) is 10.8. The van der Waals surface area contributed by atoms with Crippen LogP contribution in [0.2, 0.25) is 0 Å². The van der Waals surface area contributed by atoms with Crippen molar-refractivity contribution in [3.63, 3.8) is 0 Å². The third-order valence-electron chi connectivity index (χ3n) is 1.94. The molecule has 2 N–H and O–H groups in total. The number of nitrogens with one attached hydrogen (secondary N) is 2. The van der Waals surface area contributed by atoms with Gasteiger partial charge in [0, 0.05) is 7.05 Å². The van der Waals surface area contributed by atoms with Crippen molar-refractivity contribution < 1.29 is 0 Å². The molecule has 12 heavy (non-hydrogen) atoms. The molecule has 5 nitrogen and oxygen atoms in total. The Morgan fingerprint density at radius 1 is 1.58 bits per heavy atom. The molecule has 0 amide bonds. The predicted octanol–water partition coefficient (Wildman–Crippen LogP) is 0.0843. The van der Waals surface area contributed by atoms with Crippen molar-refractivity contribution in [2.75, 3.05) is 0 Å². The van der Waals surface area contributed by atoms with Gasteiger partial charge in [0.05, 0.1) is 6.33 Å². The number of fused-ring (bicyclic) bond motifs is 1. The van der Waals surface area contributed by atoms with E-state index in [4.69, 9.17) is 5.41 Å². The van der Waals surface area contributed by atoms with E-state index in [2.05, 4.69) is 15.0 Å². The minimum atomic E-state index is 0.412. The Bertz CT molecular complexity index is 478. The Labute approximate surface area is 68.6 Å². The van der Waals surface area contributed by atoms with E-state index in [1.807, 2.05) is 14.0 Å². The summed E-state index contributed by atoms with van der Waals surface area (Å²) in [5, 5.41) is 7.70. The third-order valence-corrected chi connectivity index (χ3v) is 1.94. The van der Waals surface area contributed by atoms with Gasteiger partial charge in [-0.3, -0.25) is 5.41 Å². The van der Waals surface area contributed by atoms with Crippen molar-refractivity contribution in [3.05, 3.63) is 17.6 Å². The quantitative estimate of drug-likeness (QED) is 0.577. The number of aromatic amines is 1. The van der Waals surface area contributed by atoms with E-state index in [0.717, 1.165) is 5.82 Å². The number of aromatic nitrogens is 4. The first-order valence-corrected chi connectivity index (χ1v) is 3.61. The van der Waals surface area contributed by atoms with Gasteiger partial charge in [-0.05, 0) is 6.92 Å². The molecule has 2 heterocycles. The molecule has 0 aromatic carbocycles. The summed E-state index contributed by atoms with van der Waals surface area (Å²) in [5.74, 6) is 0.791. The van der Waals surface area contributed by atoms with Crippen LogP contribution in [0.4, 0.5) is 0 Å². The van der Waals surface area contributed by atoms with Crippen LogP contribution in [0.15, 0.2) is 6.33 Å². The molecule has 0 bridgehead atoms. The van der Waals surface area contributed by atoms with Crippen LogP contribution in [0, 0.1) is 12.3 Å². The van der Waals surface area contributed by atoms with Gasteiger partial charge >= 0.3 is 0 Å². The lowest BCUT2D eigenvalue weighted by molar-refractivity contribution is 0.759. The lowest BCUT2D eigenvalue weighted by Crippen LogP contribution is -2.20. The van der Waals surface area contributed by atoms with E-state index in [9.17, 15) is 0 Å². The average molecular weight is 163 g/mol. The van der Waals surface area contributed by atoms with Gasteiger partial charge < -0.3 is 9.55 Å². The van der Waals surface area contributed by atoms with Gasteiger partial charge in [0.1, 0.15) is 11.3 Å². The second-order valence-corrected chi connectivity index (χ2v) is 2.67. The molecule has 0 aliphatic carbocycles. The first-order chi connectivity index (χ1) is 5.70. The maximum atomic E-state index is 7.70. The topological polar surface area (TPSA) is 70.3 Å². The molecule has 0 atom stereocenters. The van der Waals surface area contributed by atoms with Crippen molar-refractivity contribution in [2.45, 2.75) is 6.92 Å². The van der Waals surface area contributed by atoms with Crippen LogP contribution in [0.3, 0.4) is 0 Å². The molecule has 0 saturated heterocycles. The Hall–Kier alpha value is -1.65. The molecule has 0 fully saturated rings. The van der Waals surface area contributed by atoms with Crippen molar-refractivity contribution in [2.24, 2.45) is 7.05 Å². The van der Waals surface area contributed by atoms with Gasteiger partial charge in [-0.1, -0.05) is 0 Å². The molecular formula is C7H9N5. The molecule has 0 radical (unpaired) electrons. The summed E-state index contributed by atoms with van der Waals surface area (Å²) in [7, 11) is 1.81. The van der Waals surface area contributed by atoms with Crippen LogP contribution in [0.1, 0.15) is 5.82 Å². The fourth-order valence-electron chi connectivity index (χ4n) is 1.10. The fraction of sp³-hybridized carbons (Fsp3) is 0.286.